The highest BCUT2D eigenvalue weighted by Crippen LogP contribution is 2.32. The molecule has 208 valence electrons. The standard InChI is InChI=1S/C27H49N3O5S/c31-21(14-6-2-8-17-25(33)34)12-4-1-5-13-22(32)15-7-3-10-18-28-19-11-9-16-24-26-23(20-36-24)29-27(35)30-26/h23-26,28,33-34H,1-20H2,(H2,29,30,35). The van der Waals surface area contributed by atoms with Gasteiger partial charge in [0.2, 0.25) is 0 Å². The van der Waals surface area contributed by atoms with Crippen molar-refractivity contribution in [1.29, 1.82) is 0 Å². The average Bonchev–Trinajstić information content (AvgIpc) is 3.38. The zero-order chi connectivity index (χ0) is 26.0. The zero-order valence-corrected chi connectivity index (χ0v) is 22.8. The van der Waals surface area contributed by atoms with Crippen molar-refractivity contribution in [3.63, 3.8) is 0 Å². The van der Waals surface area contributed by atoms with Crippen LogP contribution in [0.2, 0.25) is 0 Å². The molecule has 2 heterocycles. The Morgan fingerprint density at radius 1 is 0.806 bits per heavy atom. The lowest BCUT2D eigenvalue weighted by Crippen LogP contribution is -2.36. The molecule has 2 rings (SSSR count). The van der Waals surface area contributed by atoms with Crippen molar-refractivity contribution in [2.75, 3.05) is 18.8 Å². The molecule has 0 spiro atoms. The number of amides is 2. The van der Waals surface area contributed by atoms with Crippen LogP contribution in [0.5, 0.6) is 0 Å². The first-order valence-electron chi connectivity index (χ1n) is 14.2. The van der Waals surface area contributed by atoms with Crippen molar-refractivity contribution < 1.29 is 24.6 Å². The molecular weight excluding hydrogens is 478 g/mol. The highest BCUT2D eigenvalue weighted by molar-refractivity contribution is 8.00. The van der Waals surface area contributed by atoms with Crippen LogP contribution in [0.4, 0.5) is 4.79 Å². The predicted molar refractivity (Wildman–Crippen MR) is 145 cm³/mol. The SMILES string of the molecule is O=C(CCCCCNCCCCC1SCC2NC(=O)NC21)CCCCCC(=O)CCCCCC(O)O. The van der Waals surface area contributed by atoms with Crippen molar-refractivity contribution >= 4 is 29.4 Å². The third-order valence-electron chi connectivity index (χ3n) is 7.17. The van der Waals surface area contributed by atoms with Crippen molar-refractivity contribution in [2.45, 2.75) is 133 Å². The van der Waals surface area contributed by atoms with Crippen molar-refractivity contribution in [2.24, 2.45) is 0 Å². The van der Waals surface area contributed by atoms with E-state index in [4.69, 9.17) is 10.2 Å². The molecular formula is C27H49N3O5S. The number of hydrogen-bond donors (Lipinski definition) is 5. The maximum Gasteiger partial charge on any atom is 0.315 e. The van der Waals surface area contributed by atoms with Gasteiger partial charge in [-0.05, 0) is 70.9 Å². The van der Waals surface area contributed by atoms with Crippen LogP contribution in [0.1, 0.15) is 109 Å². The Bertz CT molecular complexity index is 649. The minimum Gasteiger partial charge on any atom is -0.368 e. The maximum absolute atomic E-state index is 12.0. The molecule has 0 aliphatic carbocycles. The van der Waals surface area contributed by atoms with Gasteiger partial charge in [0.25, 0.3) is 0 Å². The smallest absolute Gasteiger partial charge is 0.315 e. The summed E-state index contributed by atoms with van der Waals surface area (Å²) in [7, 11) is 0. The van der Waals surface area contributed by atoms with E-state index < -0.39 is 6.29 Å². The highest BCUT2D eigenvalue weighted by Gasteiger charge is 2.42. The molecule has 0 aromatic carbocycles. The number of Topliss-reactive ketones (excluding diaryl/α,β-unsaturated/α-hetero) is 2. The van der Waals surface area contributed by atoms with Crippen molar-refractivity contribution in [1.82, 2.24) is 16.0 Å². The Balaban J connectivity index is 1.28. The van der Waals surface area contributed by atoms with Gasteiger partial charge in [0.15, 0.2) is 6.29 Å². The minimum absolute atomic E-state index is 0.00999. The van der Waals surface area contributed by atoms with E-state index in [9.17, 15) is 14.4 Å². The van der Waals surface area contributed by atoms with E-state index in [1.807, 2.05) is 11.8 Å². The number of nitrogens with one attached hydrogen (secondary N) is 3. The molecule has 36 heavy (non-hydrogen) atoms. The second-order valence-electron chi connectivity index (χ2n) is 10.4. The quantitative estimate of drug-likeness (QED) is 0.0776. The molecule has 2 amide bonds. The second-order valence-corrected chi connectivity index (χ2v) is 11.7. The van der Waals surface area contributed by atoms with E-state index in [1.165, 1.54) is 6.42 Å². The van der Waals surface area contributed by atoms with Crippen LogP contribution in [0.25, 0.3) is 0 Å². The van der Waals surface area contributed by atoms with E-state index >= 15 is 0 Å². The molecule has 5 N–H and O–H groups in total. The molecule has 0 radical (unpaired) electrons. The van der Waals surface area contributed by atoms with E-state index in [0.717, 1.165) is 89.5 Å². The molecule has 9 heteroatoms. The highest BCUT2D eigenvalue weighted by atomic mass is 32.2. The van der Waals surface area contributed by atoms with Gasteiger partial charge in [-0.1, -0.05) is 25.7 Å². The lowest BCUT2D eigenvalue weighted by Gasteiger charge is -2.16. The number of ketones is 2. The average molecular weight is 528 g/mol. The van der Waals surface area contributed by atoms with Gasteiger partial charge in [0.1, 0.15) is 11.6 Å². The van der Waals surface area contributed by atoms with Crippen LogP contribution < -0.4 is 16.0 Å². The van der Waals surface area contributed by atoms with Crippen molar-refractivity contribution in [3.05, 3.63) is 0 Å². The second kappa shape index (κ2) is 19.0. The fourth-order valence-corrected chi connectivity index (χ4v) is 6.55. The number of carbonyl (C=O) groups is 3. The number of hydrogen-bond acceptors (Lipinski definition) is 7. The summed E-state index contributed by atoms with van der Waals surface area (Å²) in [5.41, 5.74) is 0. The predicted octanol–water partition coefficient (Wildman–Crippen LogP) is 3.82. The summed E-state index contributed by atoms with van der Waals surface area (Å²) in [6.45, 7) is 2.04. The zero-order valence-electron chi connectivity index (χ0n) is 22.0. The van der Waals surface area contributed by atoms with Gasteiger partial charge in [0.05, 0.1) is 12.1 Å². The maximum atomic E-state index is 12.0. The number of rotatable bonds is 23. The molecule has 0 aromatic rings. The van der Waals surface area contributed by atoms with Crippen LogP contribution in [0.15, 0.2) is 0 Å². The number of fused-ring (bicyclic) bond motifs is 1. The third kappa shape index (κ3) is 14.0. The molecule has 2 saturated heterocycles. The summed E-state index contributed by atoms with van der Waals surface area (Å²) in [5, 5.41) is 27.7. The Morgan fingerprint density at radius 3 is 1.97 bits per heavy atom. The molecule has 0 saturated carbocycles. The number of unbranched alkanes of at least 4 members (excludes halogenated alkanes) is 7. The lowest BCUT2D eigenvalue weighted by atomic mass is 10.0. The molecule has 8 nitrogen and oxygen atoms in total. The summed E-state index contributed by atoms with van der Waals surface area (Å²) in [6.07, 6.45) is 13.4. The summed E-state index contributed by atoms with van der Waals surface area (Å²) in [6, 6.07) is 0.614. The van der Waals surface area contributed by atoms with Crippen LogP contribution >= 0.6 is 11.8 Å². The Labute approximate surface area is 221 Å². The molecule has 2 aliphatic rings. The van der Waals surface area contributed by atoms with Crippen LogP contribution in [-0.2, 0) is 9.59 Å². The summed E-state index contributed by atoms with van der Waals surface area (Å²) in [4.78, 5) is 35.3. The topological polar surface area (TPSA) is 128 Å². The van der Waals surface area contributed by atoms with Gasteiger partial charge in [-0.15, -0.1) is 0 Å². The molecule has 0 aromatic heterocycles. The van der Waals surface area contributed by atoms with E-state index in [1.54, 1.807) is 0 Å². The first-order valence-corrected chi connectivity index (χ1v) is 15.3. The van der Waals surface area contributed by atoms with E-state index in [-0.39, 0.29) is 11.8 Å². The number of aliphatic hydroxyl groups is 2. The van der Waals surface area contributed by atoms with Crippen LogP contribution in [-0.4, -0.2) is 70.3 Å². The molecule has 0 bridgehead atoms. The summed E-state index contributed by atoms with van der Waals surface area (Å²) < 4.78 is 0. The van der Waals surface area contributed by atoms with Gasteiger partial charge < -0.3 is 26.2 Å². The first kappa shape index (κ1) is 31.1. The Hall–Kier alpha value is -1.16. The molecule has 3 unspecified atom stereocenters. The molecule has 2 aliphatic heterocycles. The Morgan fingerprint density at radius 2 is 1.36 bits per heavy atom. The van der Waals surface area contributed by atoms with Gasteiger partial charge in [0, 0.05) is 36.7 Å². The van der Waals surface area contributed by atoms with Gasteiger partial charge in [-0.25, -0.2) is 4.79 Å². The van der Waals surface area contributed by atoms with Crippen molar-refractivity contribution in [3.8, 4) is 0 Å². The number of urea groups is 1. The summed E-state index contributed by atoms with van der Waals surface area (Å²) >= 11 is 1.98. The van der Waals surface area contributed by atoms with Crippen LogP contribution in [0, 0.1) is 0 Å². The number of thioether (sulfide) groups is 1. The fourth-order valence-electron chi connectivity index (χ4n) is 5.01. The fraction of sp³-hybridized carbons (Fsp3) is 0.889. The van der Waals surface area contributed by atoms with Gasteiger partial charge in [-0.3, -0.25) is 9.59 Å². The molecule has 3 atom stereocenters. The molecule has 2 fully saturated rings. The normalized spacial score (nSPS) is 21.0. The van der Waals surface area contributed by atoms with E-state index in [2.05, 4.69) is 16.0 Å². The summed E-state index contributed by atoms with van der Waals surface area (Å²) in [5.74, 6) is 1.65. The van der Waals surface area contributed by atoms with E-state index in [0.29, 0.717) is 55.2 Å². The van der Waals surface area contributed by atoms with Gasteiger partial charge >= 0.3 is 6.03 Å². The third-order valence-corrected chi connectivity index (χ3v) is 8.68. The minimum atomic E-state index is -1.24. The number of carbonyl (C=O) groups excluding carboxylic acids is 3. The Kier molecular flexibility index (Phi) is 16.4. The number of aliphatic hydroxyl groups excluding tert-OH is 1. The monoisotopic (exact) mass is 527 g/mol. The van der Waals surface area contributed by atoms with Gasteiger partial charge in [-0.2, -0.15) is 11.8 Å². The lowest BCUT2D eigenvalue weighted by molar-refractivity contribution is -0.119. The van der Waals surface area contributed by atoms with Crippen LogP contribution in [0.3, 0.4) is 0 Å². The first-order chi connectivity index (χ1) is 17.5. The largest absolute Gasteiger partial charge is 0.368 e.